The van der Waals surface area contributed by atoms with Gasteiger partial charge >= 0.3 is 5.97 Å². The highest BCUT2D eigenvalue weighted by Gasteiger charge is 2.26. The van der Waals surface area contributed by atoms with Gasteiger partial charge in [-0.05, 0) is 25.7 Å². The van der Waals surface area contributed by atoms with Gasteiger partial charge in [-0.2, -0.15) is 0 Å². The molecule has 0 aromatic heterocycles. The molecule has 0 bridgehead atoms. The molecular weight excluding hydrogens is 232 g/mol. The van der Waals surface area contributed by atoms with Crippen LogP contribution in [0.4, 0.5) is 0 Å². The van der Waals surface area contributed by atoms with Crippen LogP contribution in [0.25, 0.3) is 0 Å². The van der Waals surface area contributed by atoms with Crippen LogP contribution < -0.4 is 10.6 Å². The molecule has 5 heteroatoms. The highest BCUT2D eigenvalue weighted by atomic mass is 16.4. The van der Waals surface area contributed by atoms with Crippen LogP contribution in [0.15, 0.2) is 0 Å². The van der Waals surface area contributed by atoms with Gasteiger partial charge in [0.15, 0.2) is 0 Å². The molecule has 1 saturated carbocycles. The Balaban J connectivity index is 2.15. The van der Waals surface area contributed by atoms with E-state index in [9.17, 15) is 9.59 Å². The van der Waals surface area contributed by atoms with Gasteiger partial charge in [0.2, 0.25) is 5.91 Å². The monoisotopic (exact) mass is 256 g/mol. The van der Waals surface area contributed by atoms with E-state index >= 15 is 0 Å². The van der Waals surface area contributed by atoms with Crippen molar-refractivity contribution >= 4 is 11.9 Å². The fourth-order valence-corrected chi connectivity index (χ4v) is 2.34. The van der Waals surface area contributed by atoms with E-state index in [4.69, 9.17) is 5.11 Å². The summed E-state index contributed by atoms with van der Waals surface area (Å²) in [6, 6.07) is 0.249. The Hall–Kier alpha value is -1.10. The standard InChI is InChI=1S/C13H24N2O3/c1-2-7-15-12(16)6-8-14-11-5-3-4-10(9-11)13(17)18/h10-11,14H,2-9H2,1H3,(H,15,16)(H,17,18). The molecule has 0 aromatic carbocycles. The second kappa shape index (κ2) is 8.08. The molecule has 2 atom stereocenters. The summed E-state index contributed by atoms with van der Waals surface area (Å²) in [5, 5.41) is 15.1. The number of nitrogens with one attached hydrogen (secondary N) is 2. The average molecular weight is 256 g/mol. The number of carboxylic acids is 1. The molecule has 3 N–H and O–H groups in total. The lowest BCUT2D eigenvalue weighted by Crippen LogP contribution is -2.38. The molecule has 5 nitrogen and oxygen atoms in total. The van der Waals surface area contributed by atoms with Gasteiger partial charge in [0.1, 0.15) is 0 Å². The Morgan fingerprint density at radius 1 is 1.28 bits per heavy atom. The molecule has 1 aliphatic carbocycles. The van der Waals surface area contributed by atoms with Crippen molar-refractivity contribution in [1.82, 2.24) is 10.6 Å². The topological polar surface area (TPSA) is 78.4 Å². The minimum Gasteiger partial charge on any atom is -0.481 e. The smallest absolute Gasteiger partial charge is 0.306 e. The van der Waals surface area contributed by atoms with Crippen molar-refractivity contribution in [2.24, 2.45) is 5.92 Å². The molecule has 1 rings (SSSR count). The summed E-state index contributed by atoms with van der Waals surface area (Å²) in [4.78, 5) is 22.3. The van der Waals surface area contributed by atoms with E-state index in [0.29, 0.717) is 19.4 Å². The minimum atomic E-state index is -0.692. The van der Waals surface area contributed by atoms with Crippen molar-refractivity contribution in [1.29, 1.82) is 0 Å². The Morgan fingerprint density at radius 3 is 2.72 bits per heavy atom. The van der Waals surface area contributed by atoms with E-state index in [0.717, 1.165) is 32.2 Å². The zero-order chi connectivity index (χ0) is 13.4. The molecule has 0 radical (unpaired) electrons. The highest BCUT2D eigenvalue weighted by molar-refractivity contribution is 5.76. The van der Waals surface area contributed by atoms with Gasteiger partial charge in [0, 0.05) is 25.6 Å². The Bertz CT molecular complexity index is 281. The number of aliphatic carboxylic acids is 1. The summed E-state index contributed by atoms with van der Waals surface area (Å²) in [5.41, 5.74) is 0. The third-order valence-corrected chi connectivity index (χ3v) is 3.38. The SMILES string of the molecule is CCCNC(=O)CCNC1CCCC(C(=O)O)C1. The van der Waals surface area contributed by atoms with Crippen LogP contribution in [-0.4, -0.2) is 36.1 Å². The first-order chi connectivity index (χ1) is 8.63. The Labute approximate surface area is 108 Å². The van der Waals surface area contributed by atoms with Gasteiger partial charge in [0.25, 0.3) is 0 Å². The maximum atomic E-state index is 11.4. The number of carbonyl (C=O) groups excluding carboxylic acids is 1. The predicted octanol–water partition coefficient (Wildman–Crippen LogP) is 1.14. The fourth-order valence-electron chi connectivity index (χ4n) is 2.34. The molecule has 0 heterocycles. The third kappa shape index (κ3) is 5.49. The summed E-state index contributed by atoms with van der Waals surface area (Å²) >= 11 is 0. The second-order valence-corrected chi connectivity index (χ2v) is 4.95. The maximum absolute atomic E-state index is 11.4. The predicted molar refractivity (Wildman–Crippen MR) is 69.3 cm³/mol. The zero-order valence-electron chi connectivity index (χ0n) is 11.1. The lowest BCUT2D eigenvalue weighted by Gasteiger charge is -2.27. The van der Waals surface area contributed by atoms with Crippen LogP contribution in [0.2, 0.25) is 0 Å². The summed E-state index contributed by atoms with van der Waals surface area (Å²) in [6.07, 6.45) is 4.85. The van der Waals surface area contributed by atoms with Gasteiger partial charge in [-0.3, -0.25) is 9.59 Å². The first-order valence-electron chi connectivity index (χ1n) is 6.86. The van der Waals surface area contributed by atoms with Gasteiger partial charge in [-0.15, -0.1) is 0 Å². The quantitative estimate of drug-likeness (QED) is 0.638. The molecule has 0 saturated heterocycles. The van der Waals surface area contributed by atoms with Crippen LogP contribution in [0.3, 0.4) is 0 Å². The van der Waals surface area contributed by atoms with E-state index < -0.39 is 5.97 Å². The highest BCUT2D eigenvalue weighted by Crippen LogP contribution is 2.24. The van der Waals surface area contributed by atoms with E-state index in [1.165, 1.54) is 0 Å². The van der Waals surface area contributed by atoms with Gasteiger partial charge in [0.05, 0.1) is 5.92 Å². The largest absolute Gasteiger partial charge is 0.481 e. The normalized spacial score (nSPS) is 23.6. The molecule has 1 aliphatic rings. The van der Waals surface area contributed by atoms with Crippen LogP contribution >= 0.6 is 0 Å². The van der Waals surface area contributed by atoms with Crippen molar-refractivity contribution in [2.45, 2.75) is 51.5 Å². The van der Waals surface area contributed by atoms with Crippen LogP contribution in [0.1, 0.15) is 45.4 Å². The lowest BCUT2D eigenvalue weighted by atomic mass is 9.86. The Morgan fingerprint density at radius 2 is 2.06 bits per heavy atom. The molecule has 2 unspecified atom stereocenters. The summed E-state index contributed by atoms with van der Waals surface area (Å²) in [5.74, 6) is -0.845. The number of carbonyl (C=O) groups is 2. The zero-order valence-corrected chi connectivity index (χ0v) is 11.1. The van der Waals surface area contributed by atoms with E-state index in [1.54, 1.807) is 0 Å². The lowest BCUT2D eigenvalue weighted by molar-refractivity contribution is -0.143. The third-order valence-electron chi connectivity index (χ3n) is 3.38. The number of carboxylic acid groups (broad SMARTS) is 1. The number of amides is 1. The molecule has 1 fully saturated rings. The van der Waals surface area contributed by atoms with E-state index in [1.807, 2.05) is 6.92 Å². The second-order valence-electron chi connectivity index (χ2n) is 4.95. The van der Waals surface area contributed by atoms with Crippen LogP contribution in [-0.2, 0) is 9.59 Å². The van der Waals surface area contributed by atoms with Crippen molar-refractivity contribution in [3.8, 4) is 0 Å². The number of hydrogen-bond acceptors (Lipinski definition) is 3. The molecule has 18 heavy (non-hydrogen) atoms. The first kappa shape index (κ1) is 15.0. The molecule has 1 amide bonds. The molecule has 0 spiro atoms. The molecule has 0 aliphatic heterocycles. The average Bonchev–Trinajstić information content (AvgIpc) is 2.36. The van der Waals surface area contributed by atoms with E-state index in [-0.39, 0.29) is 17.9 Å². The van der Waals surface area contributed by atoms with Gasteiger partial charge < -0.3 is 15.7 Å². The first-order valence-corrected chi connectivity index (χ1v) is 6.86. The van der Waals surface area contributed by atoms with E-state index in [2.05, 4.69) is 10.6 Å². The number of hydrogen-bond donors (Lipinski definition) is 3. The minimum absolute atomic E-state index is 0.0648. The van der Waals surface area contributed by atoms with Crippen molar-refractivity contribution in [2.75, 3.05) is 13.1 Å². The molecular formula is C13H24N2O3. The fraction of sp³-hybridized carbons (Fsp3) is 0.846. The molecule has 104 valence electrons. The summed E-state index contributed by atoms with van der Waals surface area (Å²) < 4.78 is 0. The van der Waals surface area contributed by atoms with Crippen molar-refractivity contribution in [3.05, 3.63) is 0 Å². The Kier molecular flexibility index (Phi) is 6.72. The van der Waals surface area contributed by atoms with Crippen molar-refractivity contribution < 1.29 is 14.7 Å². The van der Waals surface area contributed by atoms with Gasteiger partial charge in [-0.1, -0.05) is 13.3 Å². The molecule has 0 aromatic rings. The maximum Gasteiger partial charge on any atom is 0.306 e. The van der Waals surface area contributed by atoms with Crippen LogP contribution in [0, 0.1) is 5.92 Å². The summed E-state index contributed by atoms with van der Waals surface area (Å²) in [7, 11) is 0. The van der Waals surface area contributed by atoms with Gasteiger partial charge in [-0.25, -0.2) is 0 Å². The number of rotatable bonds is 7. The summed E-state index contributed by atoms with van der Waals surface area (Å²) in [6.45, 7) is 3.38. The van der Waals surface area contributed by atoms with Crippen LogP contribution in [0.5, 0.6) is 0 Å². The van der Waals surface area contributed by atoms with Crippen molar-refractivity contribution in [3.63, 3.8) is 0 Å².